The molecule has 0 saturated carbocycles. The molecule has 2 heterocycles. The third-order valence-corrected chi connectivity index (χ3v) is 9.80. The summed E-state index contributed by atoms with van der Waals surface area (Å²) in [6, 6.07) is 32.7. The minimum absolute atomic E-state index is 0.0185. The molecule has 5 aromatic rings. The number of pyridine rings is 1. The van der Waals surface area contributed by atoms with E-state index in [1.807, 2.05) is 24.0 Å². The number of carbonyl (C=O) groups is 1. The Kier molecular flexibility index (Phi) is 12.8. The van der Waals surface area contributed by atoms with Crippen molar-refractivity contribution in [2.45, 2.75) is 53.2 Å². The van der Waals surface area contributed by atoms with Crippen LogP contribution < -0.4 is 14.2 Å². The van der Waals surface area contributed by atoms with E-state index in [-0.39, 0.29) is 5.91 Å². The van der Waals surface area contributed by atoms with Crippen molar-refractivity contribution in [2.24, 2.45) is 0 Å². The molecular formula is C45H48ClN3O4. The van der Waals surface area contributed by atoms with E-state index >= 15 is 0 Å². The second kappa shape index (κ2) is 18.1. The Morgan fingerprint density at radius 3 is 2.17 bits per heavy atom. The Balaban J connectivity index is 0.922. The van der Waals surface area contributed by atoms with Gasteiger partial charge in [0.25, 0.3) is 0 Å². The molecule has 0 spiro atoms. The Bertz CT molecular complexity index is 1970. The van der Waals surface area contributed by atoms with Crippen LogP contribution in [0, 0.1) is 13.8 Å². The molecule has 0 bridgehead atoms. The normalized spacial score (nSPS) is 13.4. The minimum atomic E-state index is -0.0185. The molecule has 0 radical (unpaired) electrons. The zero-order chi connectivity index (χ0) is 37.2. The van der Waals surface area contributed by atoms with E-state index < -0.39 is 0 Å². The van der Waals surface area contributed by atoms with Crippen LogP contribution in [0.2, 0.25) is 5.02 Å². The molecule has 0 N–H and O–H groups in total. The Hall–Kier alpha value is -5.11. The maximum absolute atomic E-state index is 13.1. The van der Waals surface area contributed by atoms with Gasteiger partial charge in [0.05, 0.1) is 17.8 Å². The predicted molar refractivity (Wildman–Crippen MR) is 213 cm³/mol. The maximum Gasteiger partial charge on any atom is 0.246 e. The van der Waals surface area contributed by atoms with Crippen LogP contribution in [-0.4, -0.2) is 53.5 Å². The summed E-state index contributed by atoms with van der Waals surface area (Å²) in [6.07, 6.45) is 5.90. The van der Waals surface area contributed by atoms with Gasteiger partial charge in [-0.3, -0.25) is 9.69 Å². The lowest BCUT2D eigenvalue weighted by Crippen LogP contribution is -2.47. The second-order valence-corrected chi connectivity index (χ2v) is 14.3. The largest absolute Gasteiger partial charge is 0.493 e. The lowest BCUT2D eigenvalue weighted by Gasteiger charge is -2.34. The fourth-order valence-corrected chi connectivity index (χ4v) is 6.31. The monoisotopic (exact) mass is 729 g/mol. The van der Waals surface area contributed by atoms with E-state index in [4.69, 9.17) is 25.8 Å². The van der Waals surface area contributed by atoms with E-state index in [9.17, 15) is 4.79 Å². The van der Waals surface area contributed by atoms with Crippen molar-refractivity contribution in [3.8, 4) is 23.1 Å². The number of carbonyl (C=O) groups excluding carboxylic acids is 1. The van der Waals surface area contributed by atoms with E-state index in [1.54, 1.807) is 30.5 Å². The molecule has 1 amide bonds. The van der Waals surface area contributed by atoms with Crippen LogP contribution in [0.4, 0.5) is 0 Å². The van der Waals surface area contributed by atoms with Crippen molar-refractivity contribution in [1.82, 2.24) is 14.8 Å². The Labute approximate surface area is 318 Å². The zero-order valence-electron chi connectivity index (χ0n) is 31.1. The van der Waals surface area contributed by atoms with Gasteiger partial charge in [-0.25, -0.2) is 4.98 Å². The van der Waals surface area contributed by atoms with E-state index in [2.05, 4.69) is 103 Å². The van der Waals surface area contributed by atoms with Gasteiger partial charge in [-0.1, -0.05) is 91.7 Å². The molecule has 8 heteroatoms. The molecule has 4 aromatic carbocycles. The molecule has 1 aliphatic rings. The smallest absolute Gasteiger partial charge is 0.246 e. The minimum Gasteiger partial charge on any atom is -0.493 e. The fourth-order valence-electron chi connectivity index (χ4n) is 6.10. The van der Waals surface area contributed by atoms with Gasteiger partial charge in [0, 0.05) is 57.4 Å². The molecule has 0 unspecified atom stereocenters. The lowest BCUT2D eigenvalue weighted by atomic mass is 10.0. The van der Waals surface area contributed by atoms with Crippen LogP contribution in [0.25, 0.3) is 6.08 Å². The Morgan fingerprint density at radius 2 is 1.49 bits per heavy atom. The van der Waals surface area contributed by atoms with Crippen molar-refractivity contribution in [3.05, 3.63) is 153 Å². The number of nitrogens with zero attached hydrogens (tertiary/aromatic N) is 3. The van der Waals surface area contributed by atoms with Gasteiger partial charge >= 0.3 is 0 Å². The van der Waals surface area contributed by atoms with Crippen molar-refractivity contribution in [3.63, 3.8) is 0 Å². The standard InChI is InChI=1S/C45H48ClN3O4/c1-32(2)38-13-16-40(17-14-38)51-26-21-35-9-11-36(12-10-35)30-48-22-24-49(25-23-48)45(50)20-15-39-27-34(4)43(28-42(39)46)53-44-19-18-41(29-47-44)52-31-37-7-5-33(3)6-8-37/h5-20,27-29,32H,21-26,30-31H2,1-4H3. The summed E-state index contributed by atoms with van der Waals surface area (Å²) in [5, 5.41) is 0.493. The average Bonchev–Trinajstić information content (AvgIpc) is 3.17. The van der Waals surface area contributed by atoms with E-state index in [0.717, 1.165) is 48.5 Å². The average molecular weight is 730 g/mol. The van der Waals surface area contributed by atoms with Gasteiger partial charge < -0.3 is 19.1 Å². The molecule has 274 valence electrons. The van der Waals surface area contributed by atoms with E-state index in [1.165, 1.54) is 22.3 Å². The summed E-state index contributed by atoms with van der Waals surface area (Å²) in [5.41, 5.74) is 7.79. The van der Waals surface area contributed by atoms with Crippen LogP contribution >= 0.6 is 11.6 Å². The highest BCUT2D eigenvalue weighted by Gasteiger charge is 2.20. The summed E-state index contributed by atoms with van der Waals surface area (Å²) >= 11 is 6.63. The number of amides is 1. The molecular weight excluding hydrogens is 682 g/mol. The number of hydrogen-bond donors (Lipinski definition) is 0. The first-order valence-corrected chi connectivity index (χ1v) is 18.7. The molecule has 1 fully saturated rings. The molecule has 7 nitrogen and oxygen atoms in total. The Morgan fingerprint density at radius 1 is 0.811 bits per heavy atom. The van der Waals surface area contributed by atoms with Gasteiger partial charge in [-0.2, -0.15) is 0 Å². The predicted octanol–water partition coefficient (Wildman–Crippen LogP) is 9.83. The van der Waals surface area contributed by atoms with Crippen LogP contribution in [0.15, 0.2) is 109 Å². The lowest BCUT2D eigenvalue weighted by molar-refractivity contribution is -0.127. The molecule has 6 rings (SSSR count). The van der Waals surface area contributed by atoms with Gasteiger partial charge in [-0.05, 0) is 83.5 Å². The SMILES string of the molecule is Cc1ccc(COc2ccc(Oc3cc(Cl)c(C=CC(=O)N4CCN(Cc5ccc(CCOc6ccc(C(C)C)cc6)cc5)CC4)cc3C)nc2)cc1. The van der Waals surface area contributed by atoms with Crippen LogP contribution in [-0.2, 0) is 24.4 Å². The summed E-state index contributed by atoms with van der Waals surface area (Å²) < 4.78 is 17.9. The molecule has 0 aliphatic carbocycles. The molecule has 53 heavy (non-hydrogen) atoms. The maximum atomic E-state index is 13.1. The van der Waals surface area contributed by atoms with Gasteiger partial charge in [0.1, 0.15) is 23.9 Å². The van der Waals surface area contributed by atoms with Crippen LogP contribution in [0.3, 0.4) is 0 Å². The number of ether oxygens (including phenoxy) is 3. The summed E-state index contributed by atoms with van der Waals surface area (Å²) in [4.78, 5) is 21.8. The first kappa shape index (κ1) is 37.6. The topological polar surface area (TPSA) is 64.1 Å². The highest BCUT2D eigenvalue weighted by Crippen LogP contribution is 2.31. The van der Waals surface area contributed by atoms with Gasteiger partial charge in [0.2, 0.25) is 11.8 Å². The van der Waals surface area contributed by atoms with Crippen LogP contribution in [0.1, 0.15) is 58.7 Å². The van der Waals surface area contributed by atoms with Crippen LogP contribution in [0.5, 0.6) is 23.1 Å². The summed E-state index contributed by atoms with van der Waals surface area (Å²) in [6.45, 7) is 13.4. The summed E-state index contributed by atoms with van der Waals surface area (Å²) in [5.74, 6) is 3.11. The third-order valence-electron chi connectivity index (χ3n) is 9.47. The van der Waals surface area contributed by atoms with Crippen molar-refractivity contribution >= 4 is 23.6 Å². The highest BCUT2D eigenvalue weighted by molar-refractivity contribution is 6.32. The number of halogens is 1. The van der Waals surface area contributed by atoms with Crippen molar-refractivity contribution in [1.29, 1.82) is 0 Å². The number of rotatable bonds is 14. The van der Waals surface area contributed by atoms with E-state index in [0.29, 0.717) is 54.6 Å². The highest BCUT2D eigenvalue weighted by atomic mass is 35.5. The number of aromatic nitrogens is 1. The molecule has 1 saturated heterocycles. The number of piperazine rings is 1. The number of hydrogen-bond acceptors (Lipinski definition) is 6. The first-order valence-electron chi connectivity index (χ1n) is 18.3. The molecule has 1 aliphatic heterocycles. The van der Waals surface area contributed by atoms with Crippen molar-refractivity contribution < 1.29 is 19.0 Å². The molecule has 0 atom stereocenters. The first-order chi connectivity index (χ1) is 25.7. The fraction of sp³-hybridized carbons (Fsp3) is 0.289. The quantitative estimate of drug-likeness (QED) is 0.106. The number of benzene rings is 4. The number of aryl methyl sites for hydroxylation is 2. The second-order valence-electron chi connectivity index (χ2n) is 13.9. The zero-order valence-corrected chi connectivity index (χ0v) is 31.8. The summed E-state index contributed by atoms with van der Waals surface area (Å²) in [7, 11) is 0. The van der Waals surface area contributed by atoms with Crippen molar-refractivity contribution in [2.75, 3.05) is 32.8 Å². The van der Waals surface area contributed by atoms with Gasteiger partial charge in [-0.15, -0.1) is 0 Å². The molecule has 1 aromatic heterocycles. The van der Waals surface area contributed by atoms with Gasteiger partial charge in [0.15, 0.2) is 0 Å². The third kappa shape index (κ3) is 11.0.